The van der Waals surface area contributed by atoms with E-state index in [2.05, 4.69) is 32.5 Å². The topological polar surface area (TPSA) is 68.9 Å². The predicted molar refractivity (Wildman–Crippen MR) is 126 cm³/mol. The normalized spacial score (nSPS) is 21.8. The highest BCUT2D eigenvalue weighted by molar-refractivity contribution is 5.95. The number of nitrogens with one attached hydrogen (secondary N) is 2. The number of hydrogen-bond acceptors (Lipinski definition) is 6. The summed E-state index contributed by atoms with van der Waals surface area (Å²) in [4.78, 5) is 9.11. The van der Waals surface area contributed by atoms with Crippen LogP contribution in [-0.2, 0) is 11.8 Å². The zero-order valence-electron chi connectivity index (χ0n) is 19.0. The third-order valence-electron chi connectivity index (χ3n) is 6.28. The summed E-state index contributed by atoms with van der Waals surface area (Å²) in [5.41, 5.74) is 6.53. The van der Waals surface area contributed by atoms with Crippen LogP contribution >= 0.6 is 0 Å². The number of benzene rings is 2. The number of aryl methyl sites for hydroxylation is 1. The summed E-state index contributed by atoms with van der Waals surface area (Å²) >= 11 is 0. The molecule has 6 nitrogen and oxygen atoms in total. The number of piperazine rings is 1. The van der Waals surface area contributed by atoms with Gasteiger partial charge in [-0.2, -0.15) is 13.2 Å². The largest absolute Gasteiger partial charge is 0.417 e. The van der Waals surface area contributed by atoms with E-state index in [1.165, 1.54) is 19.1 Å². The van der Waals surface area contributed by atoms with Gasteiger partial charge in [0.15, 0.2) is 5.66 Å². The molecule has 2 aromatic carbocycles. The van der Waals surface area contributed by atoms with E-state index in [0.29, 0.717) is 5.57 Å². The molecule has 1 atom stereocenters. The molecule has 2 aliphatic heterocycles. The number of nitrogens with zero attached hydrogens (tertiary/aromatic N) is 3. The predicted octanol–water partition coefficient (Wildman–Crippen LogP) is 3.85. The third-order valence-corrected chi connectivity index (χ3v) is 6.28. The summed E-state index contributed by atoms with van der Waals surface area (Å²) in [6, 6.07) is 12.3. The second kappa shape index (κ2) is 8.72. The van der Waals surface area contributed by atoms with Gasteiger partial charge in [0.25, 0.3) is 0 Å². The van der Waals surface area contributed by atoms with Crippen molar-refractivity contribution in [2.45, 2.75) is 25.7 Å². The van der Waals surface area contributed by atoms with Gasteiger partial charge < -0.3 is 20.4 Å². The first-order chi connectivity index (χ1) is 15.6. The second-order valence-corrected chi connectivity index (χ2v) is 8.66. The number of alkyl halides is 3. The van der Waals surface area contributed by atoms with Crippen LogP contribution in [0.25, 0.3) is 0 Å². The van der Waals surface area contributed by atoms with Crippen LogP contribution in [0.4, 0.5) is 24.5 Å². The van der Waals surface area contributed by atoms with Gasteiger partial charge in [-0.15, -0.1) is 0 Å². The molecule has 1 unspecified atom stereocenters. The molecule has 1 fully saturated rings. The van der Waals surface area contributed by atoms with Crippen LogP contribution < -0.4 is 21.3 Å². The molecule has 0 aliphatic carbocycles. The molecule has 0 spiro atoms. The minimum absolute atomic E-state index is 0.0741. The van der Waals surface area contributed by atoms with Crippen molar-refractivity contribution >= 4 is 17.3 Å². The third kappa shape index (κ3) is 4.69. The van der Waals surface area contributed by atoms with Crippen LogP contribution in [0.15, 0.2) is 59.2 Å². The van der Waals surface area contributed by atoms with Gasteiger partial charge in [-0.25, -0.2) is 4.99 Å². The van der Waals surface area contributed by atoms with Crippen molar-refractivity contribution in [2.75, 3.05) is 43.4 Å². The van der Waals surface area contributed by atoms with Gasteiger partial charge in [0.1, 0.15) is 0 Å². The molecule has 2 aliphatic rings. The lowest BCUT2D eigenvalue weighted by atomic mass is 9.87. The molecule has 33 heavy (non-hydrogen) atoms. The monoisotopic (exact) mass is 458 g/mol. The zero-order valence-corrected chi connectivity index (χ0v) is 19.0. The van der Waals surface area contributed by atoms with Crippen LogP contribution in [0.3, 0.4) is 0 Å². The maximum Gasteiger partial charge on any atom is 0.417 e. The molecule has 0 radical (unpaired) electrons. The van der Waals surface area contributed by atoms with Crippen LogP contribution in [0.5, 0.6) is 0 Å². The van der Waals surface area contributed by atoms with Crippen LogP contribution in [0.1, 0.15) is 23.6 Å². The van der Waals surface area contributed by atoms with E-state index in [1.54, 1.807) is 19.2 Å². The minimum Gasteiger partial charge on any atom is -0.369 e. The molecule has 176 valence electrons. The lowest BCUT2D eigenvalue weighted by molar-refractivity contribution is -0.139. The first-order valence-electron chi connectivity index (χ1n) is 10.9. The Balaban J connectivity index is 1.59. The molecule has 1 saturated heterocycles. The Bertz CT molecular complexity index is 1070. The molecule has 2 heterocycles. The fourth-order valence-corrected chi connectivity index (χ4v) is 4.24. The van der Waals surface area contributed by atoms with Crippen molar-refractivity contribution in [3.63, 3.8) is 0 Å². The summed E-state index contributed by atoms with van der Waals surface area (Å²) in [7, 11) is 2.12. The summed E-state index contributed by atoms with van der Waals surface area (Å²) in [5.74, 6) is 0.282. The number of likely N-dealkylation sites (N-methyl/N-ethyl adjacent to an activating group) is 1. The zero-order chi connectivity index (χ0) is 23.8. The van der Waals surface area contributed by atoms with Gasteiger partial charge in [-0.3, -0.25) is 5.73 Å². The summed E-state index contributed by atoms with van der Waals surface area (Å²) in [6.45, 7) is 7.07. The number of halogens is 3. The molecule has 4 rings (SSSR count). The highest BCUT2D eigenvalue weighted by Gasteiger charge is 2.43. The van der Waals surface area contributed by atoms with Crippen LogP contribution in [0.2, 0.25) is 0 Å². The Labute approximate surface area is 192 Å². The standard InChI is InChI=1S/C24H29F3N6/c1-16-5-4-6-20(21(16)24(25,26)27)23(28)17(2)15-29-22(31-23)30-18-7-9-19(10-8-18)33-13-11-32(3)12-14-33/h4-10,15H,11-14,28H2,1-3H3,(H2,29,30,31). The SMILES string of the molecule is CC1=CNC(Nc2ccc(N3CCN(C)CC3)cc2)=NC1(N)c1cccc(C)c1C(F)(F)F. The van der Waals surface area contributed by atoms with Gasteiger partial charge >= 0.3 is 6.18 Å². The fraction of sp³-hybridized carbons (Fsp3) is 0.375. The molecule has 2 aromatic rings. The average Bonchev–Trinajstić information content (AvgIpc) is 2.76. The number of aliphatic imine (C=N–C) groups is 1. The second-order valence-electron chi connectivity index (χ2n) is 8.66. The molecule has 0 amide bonds. The van der Waals surface area contributed by atoms with Gasteiger partial charge in [0.05, 0.1) is 5.56 Å². The van der Waals surface area contributed by atoms with Crippen LogP contribution in [-0.4, -0.2) is 44.1 Å². The van der Waals surface area contributed by atoms with Crippen molar-refractivity contribution in [3.05, 3.63) is 70.9 Å². The molecule has 0 aromatic heterocycles. The highest BCUT2D eigenvalue weighted by atomic mass is 19.4. The van der Waals surface area contributed by atoms with Crippen molar-refractivity contribution in [3.8, 4) is 0 Å². The summed E-state index contributed by atoms with van der Waals surface area (Å²) in [5, 5.41) is 6.14. The highest BCUT2D eigenvalue weighted by Crippen LogP contribution is 2.41. The van der Waals surface area contributed by atoms with E-state index in [1.807, 2.05) is 24.3 Å². The number of nitrogens with two attached hydrogens (primary N) is 1. The van der Waals surface area contributed by atoms with E-state index in [-0.39, 0.29) is 17.1 Å². The van der Waals surface area contributed by atoms with Crippen LogP contribution in [0, 0.1) is 6.92 Å². The molecular formula is C24H29F3N6. The molecular weight excluding hydrogens is 429 g/mol. The van der Waals surface area contributed by atoms with E-state index in [4.69, 9.17) is 5.73 Å². The van der Waals surface area contributed by atoms with Gasteiger partial charge in [0, 0.05) is 49.3 Å². The molecule has 0 saturated carbocycles. The van der Waals surface area contributed by atoms with Gasteiger partial charge in [-0.1, -0.05) is 18.2 Å². The number of hydrogen-bond donors (Lipinski definition) is 3. The maximum atomic E-state index is 13.9. The molecule has 0 bridgehead atoms. The summed E-state index contributed by atoms with van der Waals surface area (Å²) < 4.78 is 41.6. The van der Waals surface area contributed by atoms with Crippen molar-refractivity contribution < 1.29 is 13.2 Å². The fourth-order valence-electron chi connectivity index (χ4n) is 4.24. The Morgan fingerprint density at radius 2 is 1.70 bits per heavy atom. The smallest absolute Gasteiger partial charge is 0.369 e. The van der Waals surface area contributed by atoms with E-state index >= 15 is 0 Å². The van der Waals surface area contributed by atoms with Crippen molar-refractivity contribution in [1.29, 1.82) is 0 Å². The Morgan fingerprint density at radius 3 is 2.33 bits per heavy atom. The van der Waals surface area contributed by atoms with E-state index in [9.17, 15) is 13.2 Å². The summed E-state index contributed by atoms with van der Waals surface area (Å²) in [6.07, 6.45) is -2.95. The molecule has 4 N–H and O–H groups in total. The average molecular weight is 459 g/mol. The van der Waals surface area contributed by atoms with E-state index < -0.39 is 17.4 Å². The van der Waals surface area contributed by atoms with Crippen molar-refractivity contribution in [1.82, 2.24) is 10.2 Å². The first kappa shape index (κ1) is 23.1. The van der Waals surface area contributed by atoms with E-state index in [0.717, 1.165) is 37.6 Å². The number of rotatable bonds is 3. The Hall–Kier alpha value is -3.04. The van der Waals surface area contributed by atoms with Crippen molar-refractivity contribution in [2.24, 2.45) is 10.7 Å². The lowest BCUT2D eigenvalue weighted by Crippen LogP contribution is -2.46. The minimum atomic E-state index is -4.54. The number of anilines is 2. The Morgan fingerprint density at radius 1 is 1.03 bits per heavy atom. The number of guanidine groups is 1. The first-order valence-corrected chi connectivity index (χ1v) is 10.9. The lowest BCUT2D eigenvalue weighted by Gasteiger charge is -2.34. The maximum absolute atomic E-state index is 13.9. The molecule has 9 heteroatoms. The quantitative estimate of drug-likeness (QED) is 0.652. The van der Waals surface area contributed by atoms with Gasteiger partial charge in [0.2, 0.25) is 5.96 Å². The Kier molecular flexibility index (Phi) is 6.11. The van der Waals surface area contributed by atoms with Gasteiger partial charge in [-0.05, 0) is 56.3 Å².